The molecule has 19 heavy (non-hydrogen) atoms. The first-order valence-corrected chi connectivity index (χ1v) is 6.39. The summed E-state index contributed by atoms with van der Waals surface area (Å²) in [6.07, 6.45) is 0. The van der Waals surface area contributed by atoms with E-state index in [0.717, 1.165) is 16.3 Å². The van der Waals surface area contributed by atoms with Gasteiger partial charge in [0.25, 0.3) is 0 Å². The summed E-state index contributed by atoms with van der Waals surface area (Å²) in [6, 6.07) is 15.5. The minimum atomic E-state index is 0.402. The molecule has 0 fully saturated rings. The minimum absolute atomic E-state index is 0.402. The van der Waals surface area contributed by atoms with E-state index in [1.165, 1.54) is 5.56 Å². The van der Waals surface area contributed by atoms with Gasteiger partial charge < -0.3 is 11.1 Å². The van der Waals surface area contributed by atoms with E-state index < -0.39 is 0 Å². The van der Waals surface area contributed by atoms with Crippen LogP contribution in [0.2, 0.25) is 5.02 Å². The fourth-order valence-electron chi connectivity index (χ4n) is 1.59. The number of hydrogen-bond acceptors (Lipinski definition) is 1. The number of aryl methyl sites for hydroxylation is 1. The van der Waals surface area contributed by atoms with Gasteiger partial charge >= 0.3 is 0 Å². The molecule has 0 aromatic heterocycles. The fourth-order valence-corrected chi connectivity index (χ4v) is 1.72. The smallest absolute Gasteiger partial charge is 0.193 e. The number of halogens is 1. The maximum Gasteiger partial charge on any atom is 0.193 e. The van der Waals surface area contributed by atoms with Crippen LogP contribution in [0.5, 0.6) is 0 Å². The van der Waals surface area contributed by atoms with Crippen molar-refractivity contribution in [2.45, 2.75) is 13.5 Å². The van der Waals surface area contributed by atoms with Crippen molar-refractivity contribution >= 4 is 23.2 Å². The molecule has 0 amide bonds. The second kappa shape index (κ2) is 6.25. The van der Waals surface area contributed by atoms with Gasteiger partial charge in [-0.2, -0.15) is 0 Å². The Balaban J connectivity index is 1.95. The lowest BCUT2D eigenvalue weighted by Crippen LogP contribution is -2.22. The molecule has 0 unspecified atom stereocenters. The third-order valence-corrected chi connectivity index (χ3v) is 2.92. The Morgan fingerprint density at radius 3 is 2.37 bits per heavy atom. The second-order valence-electron chi connectivity index (χ2n) is 4.32. The lowest BCUT2D eigenvalue weighted by molar-refractivity contribution is 1.06. The summed E-state index contributed by atoms with van der Waals surface area (Å²) in [7, 11) is 0. The van der Waals surface area contributed by atoms with E-state index in [4.69, 9.17) is 17.3 Å². The molecule has 98 valence electrons. The van der Waals surface area contributed by atoms with Crippen molar-refractivity contribution < 1.29 is 0 Å². The molecule has 0 bridgehead atoms. The Morgan fingerprint density at radius 2 is 1.74 bits per heavy atom. The van der Waals surface area contributed by atoms with Crippen LogP contribution in [0.15, 0.2) is 53.5 Å². The summed E-state index contributed by atoms with van der Waals surface area (Å²) < 4.78 is 0. The summed E-state index contributed by atoms with van der Waals surface area (Å²) in [6.45, 7) is 2.57. The first kappa shape index (κ1) is 13.4. The third kappa shape index (κ3) is 4.30. The van der Waals surface area contributed by atoms with Gasteiger partial charge in [-0.3, -0.25) is 0 Å². The van der Waals surface area contributed by atoms with E-state index in [1.807, 2.05) is 55.5 Å². The van der Waals surface area contributed by atoms with Crippen LogP contribution in [0.3, 0.4) is 0 Å². The molecular formula is C15H16ClN3. The van der Waals surface area contributed by atoms with E-state index >= 15 is 0 Å². The fraction of sp³-hybridized carbons (Fsp3) is 0.133. The van der Waals surface area contributed by atoms with Gasteiger partial charge in [0.2, 0.25) is 0 Å². The molecule has 0 aliphatic carbocycles. The Bertz CT molecular complexity index is 559. The van der Waals surface area contributed by atoms with E-state index in [-0.39, 0.29) is 0 Å². The van der Waals surface area contributed by atoms with Gasteiger partial charge in [-0.15, -0.1) is 0 Å². The topological polar surface area (TPSA) is 50.4 Å². The van der Waals surface area contributed by atoms with Crippen molar-refractivity contribution in [3.8, 4) is 0 Å². The van der Waals surface area contributed by atoms with E-state index in [1.54, 1.807) is 0 Å². The molecular weight excluding hydrogens is 258 g/mol. The van der Waals surface area contributed by atoms with Crippen LogP contribution in [0.4, 0.5) is 5.69 Å². The first-order chi connectivity index (χ1) is 9.13. The number of nitrogens with one attached hydrogen (secondary N) is 1. The van der Waals surface area contributed by atoms with Crippen LogP contribution in [-0.4, -0.2) is 5.96 Å². The van der Waals surface area contributed by atoms with Crippen LogP contribution < -0.4 is 11.1 Å². The molecule has 3 nitrogen and oxygen atoms in total. The van der Waals surface area contributed by atoms with Crippen molar-refractivity contribution in [1.29, 1.82) is 0 Å². The van der Waals surface area contributed by atoms with Gasteiger partial charge in [-0.25, -0.2) is 4.99 Å². The maximum atomic E-state index is 5.83. The Labute approximate surface area is 118 Å². The van der Waals surface area contributed by atoms with E-state index in [9.17, 15) is 0 Å². The zero-order valence-electron chi connectivity index (χ0n) is 10.7. The van der Waals surface area contributed by atoms with Crippen LogP contribution in [0.25, 0.3) is 0 Å². The lowest BCUT2D eigenvalue weighted by atomic mass is 10.2. The Morgan fingerprint density at radius 1 is 1.11 bits per heavy atom. The Kier molecular flexibility index (Phi) is 4.42. The predicted octanol–water partition coefficient (Wildman–Crippen LogP) is 3.58. The predicted molar refractivity (Wildman–Crippen MR) is 81.6 cm³/mol. The van der Waals surface area contributed by atoms with Gasteiger partial charge in [0.1, 0.15) is 0 Å². The Hall–Kier alpha value is -2.00. The average molecular weight is 274 g/mol. The number of guanidine groups is 1. The molecule has 0 atom stereocenters. The van der Waals surface area contributed by atoms with E-state index in [2.05, 4.69) is 10.3 Å². The number of aliphatic imine (C=N–C) groups is 1. The summed E-state index contributed by atoms with van der Waals surface area (Å²) in [5, 5.41) is 3.77. The molecule has 0 aliphatic rings. The molecule has 0 heterocycles. The lowest BCUT2D eigenvalue weighted by Gasteiger charge is -2.06. The van der Waals surface area contributed by atoms with Crippen LogP contribution in [0.1, 0.15) is 11.1 Å². The molecule has 0 aliphatic heterocycles. The zero-order valence-corrected chi connectivity index (χ0v) is 11.5. The first-order valence-electron chi connectivity index (χ1n) is 6.01. The number of hydrogen-bond donors (Lipinski definition) is 2. The minimum Gasteiger partial charge on any atom is -0.370 e. The average Bonchev–Trinajstić information content (AvgIpc) is 2.41. The zero-order chi connectivity index (χ0) is 13.7. The highest BCUT2D eigenvalue weighted by Crippen LogP contribution is 2.11. The summed E-state index contributed by atoms with van der Waals surface area (Å²) in [5.74, 6) is 0.402. The molecule has 2 aromatic rings. The number of benzene rings is 2. The highest BCUT2D eigenvalue weighted by atomic mass is 35.5. The maximum absolute atomic E-state index is 5.83. The number of rotatable bonds is 3. The summed E-state index contributed by atoms with van der Waals surface area (Å²) in [4.78, 5) is 4.28. The molecule has 3 N–H and O–H groups in total. The molecule has 2 rings (SSSR count). The third-order valence-electron chi connectivity index (χ3n) is 2.67. The SMILES string of the molecule is Cc1ccc(NC(N)=NCc2ccc(Cl)cc2)cc1. The summed E-state index contributed by atoms with van der Waals surface area (Å²) in [5.41, 5.74) is 9.05. The van der Waals surface area contributed by atoms with Gasteiger partial charge in [-0.1, -0.05) is 41.4 Å². The van der Waals surface area contributed by atoms with Crippen molar-refractivity contribution in [1.82, 2.24) is 0 Å². The highest BCUT2D eigenvalue weighted by molar-refractivity contribution is 6.30. The standard InChI is InChI=1S/C15H16ClN3/c1-11-2-8-14(9-3-11)19-15(17)18-10-12-4-6-13(16)7-5-12/h2-9H,10H2,1H3,(H3,17,18,19). The molecule has 0 radical (unpaired) electrons. The molecule has 0 spiro atoms. The highest BCUT2D eigenvalue weighted by Gasteiger charge is 1.96. The number of anilines is 1. The normalized spacial score (nSPS) is 11.4. The largest absolute Gasteiger partial charge is 0.370 e. The van der Waals surface area contributed by atoms with Gasteiger partial charge in [-0.05, 0) is 36.8 Å². The molecule has 2 aromatic carbocycles. The number of nitrogens with zero attached hydrogens (tertiary/aromatic N) is 1. The van der Waals surface area contributed by atoms with Gasteiger partial charge in [0, 0.05) is 10.7 Å². The van der Waals surface area contributed by atoms with Gasteiger partial charge in [0.05, 0.1) is 6.54 Å². The quantitative estimate of drug-likeness (QED) is 0.663. The van der Waals surface area contributed by atoms with Crippen molar-refractivity contribution in [3.05, 3.63) is 64.7 Å². The molecule has 0 saturated carbocycles. The second-order valence-corrected chi connectivity index (χ2v) is 4.76. The van der Waals surface area contributed by atoms with Crippen molar-refractivity contribution in [2.75, 3.05) is 5.32 Å². The van der Waals surface area contributed by atoms with Crippen molar-refractivity contribution in [2.24, 2.45) is 10.7 Å². The number of nitrogens with two attached hydrogens (primary N) is 1. The molecule has 0 saturated heterocycles. The van der Waals surface area contributed by atoms with Crippen LogP contribution in [0, 0.1) is 6.92 Å². The van der Waals surface area contributed by atoms with E-state index in [0.29, 0.717) is 12.5 Å². The van der Waals surface area contributed by atoms with Crippen molar-refractivity contribution in [3.63, 3.8) is 0 Å². The summed E-state index contributed by atoms with van der Waals surface area (Å²) >= 11 is 5.82. The van der Waals surface area contributed by atoms with Gasteiger partial charge in [0.15, 0.2) is 5.96 Å². The van der Waals surface area contributed by atoms with Crippen LogP contribution >= 0.6 is 11.6 Å². The molecule has 4 heteroatoms. The van der Waals surface area contributed by atoms with Crippen LogP contribution in [-0.2, 0) is 6.54 Å². The monoisotopic (exact) mass is 273 g/mol.